The van der Waals surface area contributed by atoms with E-state index in [9.17, 15) is 0 Å². The molecule has 1 aliphatic carbocycles. The zero-order chi connectivity index (χ0) is 18.6. The molecule has 2 aromatic carbocycles. The van der Waals surface area contributed by atoms with Gasteiger partial charge in [0.05, 0.1) is 0 Å². The SMILES string of the molecule is CC(C)(C)c1cc(CCl)c2c(c1)-c1cc(C(C)(C)C)cc(CCl)c1C2. The Kier molecular flexibility index (Phi) is 4.75. The normalized spacial score (nSPS) is 13.8. The van der Waals surface area contributed by atoms with E-state index in [-0.39, 0.29) is 10.8 Å². The molecule has 0 N–H and O–H groups in total. The molecule has 2 aromatic rings. The van der Waals surface area contributed by atoms with Gasteiger partial charge in [-0.3, -0.25) is 0 Å². The fourth-order valence-corrected chi connectivity index (χ4v) is 4.12. The molecule has 0 fully saturated rings. The van der Waals surface area contributed by atoms with Crippen molar-refractivity contribution in [3.8, 4) is 11.1 Å². The van der Waals surface area contributed by atoms with Crippen LogP contribution in [-0.2, 0) is 29.0 Å². The van der Waals surface area contributed by atoms with E-state index in [1.807, 2.05) is 0 Å². The highest BCUT2D eigenvalue weighted by molar-refractivity contribution is 6.17. The molecule has 1 aliphatic rings. The van der Waals surface area contributed by atoms with E-state index < -0.39 is 0 Å². The van der Waals surface area contributed by atoms with Crippen LogP contribution in [-0.4, -0.2) is 0 Å². The van der Waals surface area contributed by atoms with E-state index in [2.05, 4.69) is 65.8 Å². The van der Waals surface area contributed by atoms with E-state index in [1.165, 1.54) is 44.5 Å². The molecule has 0 aromatic heterocycles. The summed E-state index contributed by atoms with van der Waals surface area (Å²) in [7, 11) is 0. The van der Waals surface area contributed by atoms with Crippen LogP contribution in [0.5, 0.6) is 0 Å². The van der Waals surface area contributed by atoms with E-state index in [0.29, 0.717) is 11.8 Å². The van der Waals surface area contributed by atoms with Gasteiger partial charge in [-0.05, 0) is 61.8 Å². The number of alkyl halides is 2. The Labute approximate surface area is 162 Å². The molecule has 0 saturated carbocycles. The lowest BCUT2D eigenvalue weighted by Crippen LogP contribution is -2.12. The molecular formula is C23H28Cl2. The van der Waals surface area contributed by atoms with Gasteiger partial charge in [0.25, 0.3) is 0 Å². The Hall–Kier alpha value is -0.980. The van der Waals surface area contributed by atoms with Gasteiger partial charge in [0, 0.05) is 11.8 Å². The second-order valence-electron chi connectivity index (χ2n) is 9.27. The van der Waals surface area contributed by atoms with Crippen LogP contribution in [0.3, 0.4) is 0 Å². The van der Waals surface area contributed by atoms with Crippen molar-refractivity contribution in [1.82, 2.24) is 0 Å². The lowest BCUT2D eigenvalue weighted by molar-refractivity contribution is 0.589. The summed E-state index contributed by atoms with van der Waals surface area (Å²) in [4.78, 5) is 0. The van der Waals surface area contributed by atoms with Crippen molar-refractivity contribution in [2.75, 3.05) is 0 Å². The molecule has 0 bridgehead atoms. The molecule has 0 spiro atoms. The zero-order valence-electron chi connectivity index (χ0n) is 16.2. The van der Waals surface area contributed by atoms with Crippen LogP contribution in [0.1, 0.15) is 74.9 Å². The number of halogens is 2. The second-order valence-corrected chi connectivity index (χ2v) is 9.80. The lowest BCUT2D eigenvalue weighted by atomic mass is 9.82. The van der Waals surface area contributed by atoms with Crippen molar-refractivity contribution in [2.45, 2.75) is 70.6 Å². The van der Waals surface area contributed by atoms with Crippen LogP contribution in [0.15, 0.2) is 24.3 Å². The first kappa shape index (κ1) is 18.8. The number of hydrogen-bond acceptors (Lipinski definition) is 0. The molecule has 0 saturated heterocycles. The topological polar surface area (TPSA) is 0 Å². The maximum Gasteiger partial charge on any atom is 0.0477 e. The van der Waals surface area contributed by atoms with E-state index in [4.69, 9.17) is 23.2 Å². The average Bonchev–Trinajstić information content (AvgIpc) is 2.90. The van der Waals surface area contributed by atoms with Crippen LogP contribution in [0.25, 0.3) is 11.1 Å². The number of rotatable bonds is 2. The molecule has 2 heteroatoms. The van der Waals surface area contributed by atoms with Gasteiger partial charge in [0.2, 0.25) is 0 Å². The van der Waals surface area contributed by atoms with Crippen LogP contribution < -0.4 is 0 Å². The molecule has 0 amide bonds. The highest BCUT2D eigenvalue weighted by Gasteiger charge is 2.28. The zero-order valence-corrected chi connectivity index (χ0v) is 17.7. The van der Waals surface area contributed by atoms with E-state index >= 15 is 0 Å². The lowest BCUT2D eigenvalue weighted by Gasteiger charge is -2.23. The van der Waals surface area contributed by atoms with Crippen LogP contribution >= 0.6 is 23.2 Å². The number of benzene rings is 2. The van der Waals surface area contributed by atoms with Gasteiger partial charge < -0.3 is 0 Å². The summed E-state index contributed by atoms with van der Waals surface area (Å²) >= 11 is 12.7. The van der Waals surface area contributed by atoms with Gasteiger partial charge in [-0.15, -0.1) is 23.2 Å². The molecule has 0 heterocycles. The summed E-state index contributed by atoms with van der Waals surface area (Å²) in [6.45, 7) is 13.6. The maximum atomic E-state index is 6.33. The maximum absolute atomic E-state index is 6.33. The summed E-state index contributed by atoms with van der Waals surface area (Å²) in [6.07, 6.45) is 0.948. The summed E-state index contributed by atoms with van der Waals surface area (Å²) in [6, 6.07) is 9.34. The van der Waals surface area contributed by atoms with Gasteiger partial charge in [-0.2, -0.15) is 0 Å². The predicted octanol–water partition coefficient (Wildman–Crippen LogP) is 7.33. The third kappa shape index (κ3) is 3.36. The monoisotopic (exact) mass is 374 g/mol. The second kappa shape index (κ2) is 6.32. The highest BCUT2D eigenvalue weighted by atomic mass is 35.5. The predicted molar refractivity (Wildman–Crippen MR) is 111 cm³/mol. The van der Waals surface area contributed by atoms with Crippen molar-refractivity contribution < 1.29 is 0 Å². The first-order valence-electron chi connectivity index (χ1n) is 9.01. The Morgan fingerprint density at radius 2 is 1.04 bits per heavy atom. The fourth-order valence-electron chi connectivity index (χ4n) is 3.64. The molecule has 0 nitrogen and oxygen atoms in total. The average molecular weight is 375 g/mol. The van der Waals surface area contributed by atoms with Gasteiger partial charge in [-0.1, -0.05) is 65.8 Å². The Morgan fingerprint density at radius 3 is 1.32 bits per heavy atom. The molecular weight excluding hydrogens is 347 g/mol. The molecule has 0 aliphatic heterocycles. The van der Waals surface area contributed by atoms with Crippen molar-refractivity contribution in [1.29, 1.82) is 0 Å². The van der Waals surface area contributed by atoms with Gasteiger partial charge in [-0.25, -0.2) is 0 Å². The number of fused-ring (bicyclic) bond motifs is 3. The minimum atomic E-state index is 0.107. The number of hydrogen-bond donors (Lipinski definition) is 0. The Bertz CT molecular complexity index is 748. The van der Waals surface area contributed by atoms with E-state index in [1.54, 1.807) is 0 Å². The Morgan fingerprint density at radius 1 is 0.680 bits per heavy atom. The molecule has 0 unspecified atom stereocenters. The standard InChI is InChI=1S/C23H28Cl2/c1-22(2,3)16-7-14(12-24)18-11-19-15(13-25)8-17(23(4,5)6)10-21(19)20(18)9-16/h7-10H,11-13H2,1-6H3. The third-order valence-corrected chi connectivity index (χ3v) is 5.92. The largest absolute Gasteiger partial charge is 0.122 e. The van der Waals surface area contributed by atoms with Crippen molar-refractivity contribution in [2.24, 2.45) is 0 Å². The first-order chi connectivity index (χ1) is 11.6. The summed E-state index contributed by atoms with van der Waals surface area (Å²) in [5, 5.41) is 0. The molecule has 3 rings (SSSR count). The van der Waals surface area contributed by atoms with Crippen molar-refractivity contribution in [3.05, 3.63) is 57.6 Å². The van der Waals surface area contributed by atoms with Gasteiger partial charge >= 0.3 is 0 Å². The van der Waals surface area contributed by atoms with Crippen LogP contribution in [0, 0.1) is 0 Å². The first-order valence-corrected chi connectivity index (χ1v) is 10.1. The minimum absolute atomic E-state index is 0.107. The highest BCUT2D eigenvalue weighted by Crippen LogP contribution is 2.45. The molecule has 0 radical (unpaired) electrons. The Balaban J connectivity index is 2.30. The van der Waals surface area contributed by atoms with E-state index in [0.717, 1.165) is 6.42 Å². The quantitative estimate of drug-likeness (QED) is 0.411. The van der Waals surface area contributed by atoms with Gasteiger partial charge in [0.15, 0.2) is 0 Å². The van der Waals surface area contributed by atoms with Crippen LogP contribution in [0.4, 0.5) is 0 Å². The molecule has 0 atom stereocenters. The summed E-state index contributed by atoms with van der Waals surface area (Å²) < 4.78 is 0. The van der Waals surface area contributed by atoms with Crippen molar-refractivity contribution >= 4 is 23.2 Å². The third-order valence-electron chi connectivity index (χ3n) is 5.35. The van der Waals surface area contributed by atoms with Crippen LogP contribution in [0.2, 0.25) is 0 Å². The fraction of sp³-hybridized carbons (Fsp3) is 0.478. The molecule has 25 heavy (non-hydrogen) atoms. The van der Waals surface area contributed by atoms with Crippen molar-refractivity contribution in [3.63, 3.8) is 0 Å². The minimum Gasteiger partial charge on any atom is -0.122 e. The summed E-state index contributed by atoms with van der Waals surface area (Å²) in [5.41, 5.74) is 10.9. The summed E-state index contributed by atoms with van der Waals surface area (Å²) in [5.74, 6) is 1.12. The smallest absolute Gasteiger partial charge is 0.0477 e. The molecule has 134 valence electrons. The van der Waals surface area contributed by atoms with Gasteiger partial charge in [0.1, 0.15) is 0 Å².